The molecule has 2 aromatic rings. The lowest BCUT2D eigenvalue weighted by Crippen LogP contribution is -2.18. The lowest BCUT2D eigenvalue weighted by Gasteiger charge is -2.14. The van der Waals surface area contributed by atoms with Crippen LogP contribution in [0.1, 0.15) is 5.56 Å². The van der Waals surface area contributed by atoms with Crippen LogP contribution in [0.4, 0.5) is 13.2 Å². The van der Waals surface area contributed by atoms with E-state index in [-0.39, 0.29) is 16.7 Å². The minimum atomic E-state index is -4.78. The van der Waals surface area contributed by atoms with E-state index in [0.29, 0.717) is 11.3 Å². The van der Waals surface area contributed by atoms with Gasteiger partial charge in [-0.2, -0.15) is 0 Å². The second-order valence-electron chi connectivity index (χ2n) is 3.89. The first-order chi connectivity index (χ1) is 8.88. The second kappa shape index (κ2) is 4.79. The maximum Gasteiger partial charge on any atom is 0.573 e. The van der Waals surface area contributed by atoms with Gasteiger partial charge in [0, 0.05) is 23.4 Å². The third kappa shape index (κ3) is 2.96. The number of hydrogen-bond acceptors (Lipinski definition) is 2. The molecule has 3 nitrogen and oxygen atoms in total. The standard InChI is InChI=1S/C13H10F3NO2/c1-8-10(18)6-7-17-12(8)9-4-2-3-5-11(9)19-13(14,15)16/h2-7H,1H3,(H,17,18). The van der Waals surface area contributed by atoms with Gasteiger partial charge < -0.3 is 9.72 Å². The Balaban J connectivity index is 2.57. The number of ether oxygens (including phenoxy) is 1. The summed E-state index contributed by atoms with van der Waals surface area (Å²) in [7, 11) is 0. The van der Waals surface area contributed by atoms with E-state index >= 15 is 0 Å². The molecule has 1 aromatic carbocycles. The number of para-hydroxylation sites is 1. The van der Waals surface area contributed by atoms with E-state index in [9.17, 15) is 18.0 Å². The van der Waals surface area contributed by atoms with Gasteiger partial charge in [-0.3, -0.25) is 4.79 Å². The normalized spacial score (nSPS) is 11.4. The lowest BCUT2D eigenvalue weighted by molar-refractivity contribution is -0.274. The maximum atomic E-state index is 12.3. The quantitative estimate of drug-likeness (QED) is 0.909. The highest BCUT2D eigenvalue weighted by atomic mass is 19.4. The number of hydrogen-bond donors (Lipinski definition) is 1. The number of benzene rings is 1. The summed E-state index contributed by atoms with van der Waals surface area (Å²) in [5.74, 6) is -0.347. The maximum absolute atomic E-state index is 12.3. The third-order valence-corrected chi connectivity index (χ3v) is 2.59. The van der Waals surface area contributed by atoms with Crippen molar-refractivity contribution >= 4 is 0 Å². The fourth-order valence-electron chi connectivity index (χ4n) is 1.72. The molecule has 0 atom stereocenters. The van der Waals surface area contributed by atoms with Gasteiger partial charge in [-0.05, 0) is 19.1 Å². The van der Waals surface area contributed by atoms with Crippen LogP contribution in [0.25, 0.3) is 11.3 Å². The highest BCUT2D eigenvalue weighted by Gasteiger charge is 2.32. The molecule has 0 aliphatic heterocycles. The molecule has 0 fully saturated rings. The molecule has 0 saturated heterocycles. The lowest BCUT2D eigenvalue weighted by atomic mass is 10.1. The van der Waals surface area contributed by atoms with Crippen molar-refractivity contribution in [2.24, 2.45) is 0 Å². The first-order valence-electron chi connectivity index (χ1n) is 5.42. The van der Waals surface area contributed by atoms with Crippen LogP contribution in [-0.2, 0) is 0 Å². The number of alkyl halides is 3. The van der Waals surface area contributed by atoms with Crippen molar-refractivity contribution in [2.45, 2.75) is 13.3 Å². The summed E-state index contributed by atoms with van der Waals surface area (Å²) in [6, 6.07) is 6.98. The number of aromatic amines is 1. The van der Waals surface area contributed by atoms with E-state index < -0.39 is 6.36 Å². The Morgan fingerprint density at radius 2 is 1.84 bits per heavy atom. The zero-order valence-electron chi connectivity index (χ0n) is 9.91. The van der Waals surface area contributed by atoms with E-state index in [4.69, 9.17) is 0 Å². The summed E-state index contributed by atoms with van der Waals surface area (Å²) in [6.07, 6.45) is -3.39. The van der Waals surface area contributed by atoms with E-state index in [1.807, 2.05) is 0 Å². The van der Waals surface area contributed by atoms with Gasteiger partial charge in [0.2, 0.25) is 0 Å². The number of nitrogens with one attached hydrogen (secondary N) is 1. The molecule has 0 aliphatic carbocycles. The van der Waals surface area contributed by atoms with Crippen LogP contribution in [0.3, 0.4) is 0 Å². The summed E-state index contributed by atoms with van der Waals surface area (Å²) in [4.78, 5) is 14.3. The summed E-state index contributed by atoms with van der Waals surface area (Å²) in [5, 5.41) is 0. The van der Waals surface area contributed by atoms with Crippen molar-refractivity contribution < 1.29 is 17.9 Å². The minimum Gasteiger partial charge on any atom is -0.405 e. The molecule has 0 saturated carbocycles. The first kappa shape index (κ1) is 13.2. The second-order valence-corrected chi connectivity index (χ2v) is 3.89. The van der Waals surface area contributed by atoms with Crippen LogP contribution in [0.15, 0.2) is 41.3 Å². The molecule has 1 N–H and O–H groups in total. The molecule has 100 valence electrons. The molecule has 0 radical (unpaired) electrons. The predicted molar refractivity (Wildman–Crippen MR) is 63.9 cm³/mol. The Morgan fingerprint density at radius 1 is 1.16 bits per heavy atom. The van der Waals surface area contributed by atoms with Crippen LogP contribution in [0.2, 0.25) is 0 Å². The highest BCUT2D eigenvalue weighted by Crippen LogP contribution is 2.33. The average molecular weight is 269 g/mol. The van der Waals surface area contributed by atoms with Crippen molar-refractivity contribution in [3.05, 3.63) is 52.3 Å². The Hall–Kier alpha value is -2.24. The Kier molecular flexibility index (Phi) is 3.33. The SMILES string of the molecule is Cc1c(-c2ccccc2OC(F)(F)F)[nH]ccc1=O. The largest absolute Gasteiger partial charge is 0.573 e. The van der Waals surface area contributed by atoms with E-state index in [1.54, 1.807) is 13.0 Å². The van der Waals surface area contributed by atoms with Gasteiger partial charge in [0.1, 0.15) is 5.75 Å². The van der Waals surface area contributed by atoms with Gasteiger partial charge in [-0.25, -0.2) is 0 Å². The molecule has 0 unspecified atom stereocenters. The molecule has 0 spiro atoms. The summed E-state index contributed by atoms with van der Waals surface area (Å²) in [6.45, 7) is 1.54. The zero-order chi connectivity index (χ0) is 14.0. The summed E-state index contributed by atoms with van der Waals surface area (Å²) < 4.78 is 40.9. The van der Waals surface area contributed by atoms with Crippen molar-refractivity contribution in [1.82, 2.24) is 4.98 Å². The zero-order valence-corrected chi connectivity index (χ0v) is 9.91. The number of halogens is 3. The summed E-state index contributed by atoms with van der Waals surface area (Å²) >= 11 is 0. The number of rotatable bonds is 2. The van der Waals surface area contributed by atoms with Gasteiger partial charge in [-0.15, -0.1) is 13.2 Å². The smallest absolute Gasteiger partial charge is 0.405 e. The molecule has 0 aliphatic rings. The van der Waals surface area contributed by atoms with Crippen LogP contribution in [0.5, 0.6) is 5.75 Å². The van der Waals surface area contributed by atoms with Crippen LogP contribution in [0, 0.1) is 6.92 Å². The van der Waals surface area contributed by atoms with E-state index in [1.165, 1.54) is 30.5 Å². The van der Waals surface area contributed by atoms with Crippen LogP contribution in [-0.4, -0.2) is 11.3 Å². The molecular formula is C13H10F3NO2. The van der Waals surface area contributed by atoms with Crippen molar-refractivity contribution in [1.29, 1.82) is 0 Å². The molecule has 1 aromatic heterocycles. The number of aromatic nitrogens is 1. The fraction of sp³-hybridized carbons (Fsp3) is 0.154. The molecule has 19 heavy (non-hydrogen) atoms. The molecule has 1 heterocycles. The predicted octanol–water partition coefficient (Wildman–Crippen LogP) is 3.25. The van der Waals surface area contributed by atoms with Gasteiger partial charge in [-0.1, -0.05) is 12.1 Å². The average Bonchev–Trinajstić information content (AvgIpc) is 2.32. The fourth-order valence-corrected chi connectivity index (χ4v) is 1.72. The summed E-state index contributed by atoms with van der Waals surface area (Å²) in [5.41, 5.74) is 0.582. The Bertz CT molecular complexity index is 647. The van der Waals surface area contributed by atoms with Crippen molar-refractivity contribution in [2.75, 3.05) is 0 Å². The van der Waals surface area contributed by atoms with Crippen LogP contribution >= 0.6 is 0 Å². The van der Waals surface area contributed by atoms with E-state index in [2.05, 4.69) is 9.72 Å². The molecule has 0 bridgehead atoms. The minimum absolute atomic E-state index is 0.190. The van der Waals surface area contributed by atoms with Crippen molar-refractivity contribution in [3.63, 3.8) is 0 Å². The van der Waals surface area contributed by atoms with Crippen molar-refractivity contribution in [3.8, 4) is 17.0 Å². The van der Waals surface area contributed by atoms with Crippen LogP contribution < -0.4 is 10.2 Å². The Morgan fingerprint density at radius 3 is 2.53 bits per heavy atom. The molecule has 6 heteroatoms. The highest BCUT2D eigenvalue weighted by molar-refractivity contribution is 5.69. The van der Waals surface area contributed by atoms with Gasteiger partial charge in [0.15, 0.2) is 5.43 Å². The van der Waals surface area contributed by atoms with E-state index in [0.717, 1.165) is 0 Å². The van der Waals surface area contributed by atoms with Gasteiger partial charge >= 0.3 is 6.36 Å². The third-order valence-electron chi connectivity index (χ3n) is 2.59. The first-order valence-corrected chi connectivity index (χ1v) is 5.42. The van der Waals surface area contributed by atoms with Gasteiger partial charge in [0.25, 0.3) is 0 Å². The molecule has 2 rings (SSSR count). The number of pyridine rings is 1. The Labute approximate surface area is 106 Å². The molecule has 0 amide bonds. The molecular weight excluding hydrogens is 259 g/mol. The van der Waals surface area contributed by atoms with Gasteiger partial charge in [0.05, 0.1) is 5.69 Å². The monoisotopic (exact) mass is 269 g/mol. The number of H-pyrrole nitrogens is 1. The topological polar surface area (TPSA) is 42.1 Å².